The molecule has 4 rings (SSSR count). The fraction of sp³-hybridized carbons (Fsp3) is 0.429. The third kappa shape index (κ3) is 6.58. The average Bonchev–Trinajstić information content (AvgIpc) is 3.75. The van der Waals surface area contributed by atoms with E-state index in [0.29, 0.717) is 6.42 Å². The Morgan fingerprint density at radius 3 is 1.81 bits per heavy atom. The van der Waals surface area contributed by atoms with Gasteiger partial charge >= 0.3 is 11.9 Å². The van der Waals surface area contributed by atoms with Gasteiger partial charge in [-0.2, -0.15) is 0 Å². The number of allylic oxidation sites excluding steroid dienone is 4. The summed E-state index contributed by atoms with van der Waals surface area (Å²) in [6.45, 7) is 12.7. The van der Waals surface area contributed by atoms with E-state index in [4.69, 9.17) is 14.5 Å². The Hall–Kier alpha value is -4.20. The van der Waals surface area contributed by atoms with Crippen molar-refractivity contribution in [1.29, 1.82) is 0 Å². The van der Waals surface area contributed by atoms with Crippen molar-refractivity contribution in [1.82, 2.24) is 9.97 Å². The minimum atomic E-state index is -0.305. The molecule has 4 heterocycles. The van der Waals surface area contributed by atoms with Gasteiger partial charge in [0.15, 0.2) is 6.21 Å². The van der Waals surface area contributed by atoms with E-state index >= 15 is 0 Å². The quantitative estimate of drug-likeness (QED) is 0.300. The predicted molar refractivity (Wildman–Crippen MR) is 172 cm³/mol. The number of hydrogen-bond donors (Lipinski definition) is 3. The van der Waals surface area contributed by atoms with E-state index < -0.39 is 0 Å². The number of carbonyl (C=O) groups is 2. The van der Waals surface area contributed by atoms with Gasteiger partial charge in [-0.05, 0) is 79.0 Å². The molecule has 0 atom stereocenters. The number of aliphatic imine (C=N–C) groups is 1. The van der Waals surface area contributed by atoms with E-state index in [1.165, 1.54) is 36.5 Å². The van der Waals surface area contributed by atoms with Crippen molar-refractivity contribution in [3.8, 4) is 0 Å². The summed E-state index contributed by atoms with van der Waals surface area (Å²) in [4.78, 5) is 40.4. The maximum absolute atomic E-state index is 12.5. The minimum absolute atomic E-state index is 0.143. The highest BCUT2D eigenvalue weighted by Gasteiger charge is 2.25. The second-order valence-corrected chi connectivity index (χ2v) is 11.0. The van der Waals surface area contributed by atoms with Gasteiger partial charge in [0.25, 0.3) is 0 Å². The van der Waals surface area contributed by atoms with Crippen LogP contribution in [0.2, 0.25) is 0 Å². The monoisotopic (exact) mass is 585 g/mol. The lowest BCUT2D eigenvalue weighted by Crippen LogP contribution is -2.64. The van der Waals surface area contributed by atoms with Gasteiger partial charge in [-0.1, -0.05) is 27.7 Å². The third-order valence-electron chi connectivity index (χ3n) is 8.67. The van der Waals surface area contributed by atoms with Crippen molar-refractivity contribution in [2.45, 2.75) is 86.5 Å². The van der Waals surface area contributed by atoms with Crippen molar-refractivity contribution < 1.29 is 24.1 Å². The summed E-state index contributed by atoms with van der Waals surface area (Å²) in [6.07, 6.45) is 12.7. The van der Waals surface area contributed by atoms with E-state index in [0.717, 1.165) is 82.1 Å². The lowest BCUT2D eigenvalue weighted by Gasteiger charge is -2.07. The molecule has 0 fully saturated rings. The van der Waals surface area contributed by atoms with Crippen molar-refractivity contribution >= 4 is 36.5 Å². The van der Waals surface area contributed by atoms with E-state index in [9.17, 15) is 9.59 Å². The van der Waals surface area contributed by atoms with Gasteiger partial charge in [0, 0.05) is 52.6 Å². The van der Waals surface area contributed by atoms with Crippen molar-refractivity contribution in [3.05, 3.63) is 78.7 Å². The molecular formula is C35H45N4O4+. The van der Waals surface area contributed by atoms with E-state index in [-0.39, 0.29) is 24.8 Å². The molecule has 0 aromatic carbocycles. The van der Waals surface area contributed by atoms with E-state index in [1.54, 1.807) is 0 Å². The van der Waals surface area contributed by atoms with Gasteiger partial charge in [0.1, 0.15) is 0 Å². The molecule has 228 valence electrons. The Balaban J connectivity index is 1.81. The molecule has 0 saturated heterocycles. The summed E-state index contributed by atoms with van der Waals surface area (Å²) in [5, 5.41) is 0. The van der Waals surface area contributed by atoms with Crippen LogP contribution in [0.5, 0.6) is 0 Å². The lowest BCUT2D eigenvalue weighted by atomic mass is 9.99. The molecular weight excluding hydrogens is 540 g/mol. The molecule has 2 aliphatic rings. The largest absolute Gasteiger partial charge is 0.469 e. The Morgan fingerprint density at radius 1 is 0.791 bits per heavy atom. The number of nitrogens with one attached hydrogen (secondary N) is 3. The molecule has 0 bridgehead atoms. The van der Waals surface area contributed by atoms with Gasteiger partial charge in [-0.25, -0.2) is 4.99 Å². The number of rotatable bonds is 12. The van der Waals surface area contributed by atoms with Gasteiger partial charge in [0.2, 0.25) is 5.70 Å². The van der Waals surface area contributed by atoms with Crippen LogP contribution in [0.4, 0.5) is 0 Å². The van der Waals surface area contributed by atoms with Crippen molar-refractivity contribution in [2.75, 3.05) is 14.2 Å². The smallest absolute Gasteiger partial charge is 0.310 e. The molecule has 0 saturated carbocycles. The first kappa shape index (κ1) is 31.7. The summed E-state index contributed by atoms with van der Waals surface area (Å²) in [7, 11) is 2.82. The zero-order valence-electron chi connectivity index (χ0n) is 26.8. The molecule has 0 amide bonds. The molecule has 0 spiro atoms. The van der Waals surface area contributed by atoms with Gasteiger partial charge in [0.05, 0.1) is 32.8 Å². The summed E-state index contributed by atoms with van der Waals surface area (Å²) in [5.74, 6) is -0.606. The first-order valence-electron chi connectivity index (χ1n) is 15.2. The summed E-state index contributed by atoms with van der Waals surface area (Å²) in [5.41, 5.74) is 14.6. The van der Waals surface area contributed by atoms with Gasteiger partial charge in [-0.15, -0.1) is 0 Å². The number of hydrogen-bond acceptors (Lipinski definition) is 5. The Bertz CT molecular complexity index is 1490. The molecule has 2 aromatic heterocycles. The third-order valence-corrected chi connectivity index (χ3v) is 8.67. The van der Waals surface area contributed by atoms with Crippen LogP contribution in [0.3, 0.4) is 0 Å². The summed E-state index contributed by atoms with van der Waals surface area (Å²) < 4.78 is 10.1. The van der Waals surface area contributed by atoms with Crippen LogP contribution >= 0.6 is 0 Å². The number of methoxy groups -OCH3 is 2. The highest BCUT2D eigenvalue weighted by Crippen LogP contribution is 2.32. The average molecular weight is 586 g/mol. The summed E-state index contributed by atoms with van der Waals surface area (Å²) >= 11 is 0. The van der Waals surface area contributed by atoms with Crippen LogP contribution in [0.1, 0.15) is 98.4 Å². The minimum Gasteiger partial charge on any atom is -0.469 e. The number of ether oxygens (including phenoxy) is 2. The molecule has 43 heavy (non-hydrogen) atoms. The van der Waals surface area contributed by atoms with Crippen LogP contribution in [0.25, 0.3) is 12.2 Å². The second kappa shape index (κ2) is 13.8. The van der Waals surface area contributed by atoms with Crippen LogP contribution in [0, 0.1) is 13.8 Å². The Morgan fingerprint density at radius 2 is 1.33 bits per heavy atom. The van der Waals surface area contributed by atoms with Crippen molar-refractivity contribution in [3.63, 3.8) is 0 Å². The van der Waals surface area contributed by atoms with E-state index in [2.05, 4.69) is 61.0 Å². The van der Waals surface area contributed by atoms with Crippen LogP contribution in [-0.2, 0) is 38.3 Å². The maximum Gasteiger partial charge on any atom is 0.310 e. The SMILES string of the molecule is CCC1=C(CC)/C(=C/c2[nH]c(Cc3[nH]c(/C=C4\[NH+]=CC(CC)=C4CC)c(C)c3CC(=O)OC)c(CC(=O)OC)c2C)N=C1. The molecule has 2 aromatic rings. The number of H-pyrrole nitrogens is 2. The fourth-order valence-electron chi connectivity index (χ4n) is 6.08. The molecule has 2 aliphatic heterocycles. The Labute approximate surface area is 254 Å². The number of aromatic amines is 2. The maximum atomic E-state index is 12.5. The number of aromatic nitrogens is 2. The Kier molecular flexibility index (Phi) is 10.2. The number of carbonyl (C=O) groups excluding carboxylic acids is 2. The first-order chi connectivity index (χ1) is 20.7. The molecule has 0 unspecified atom stereocenters. The molecule has 0 radical (unpaired) electrons. The normalized spacial score (nSPS) is 16.5. The molecule has 0 aliphatic carbocycles. The van der Waals surface area contributed by atoms with Gasteiger partial charge in [-0.3, -0.25) is 14.6 Å². The highest BCUT2D eigenvalue weighted by molar-refractivity contribution is 5.88. The standard InChI is InChI=1S/C35H44N4O4/c1-9-22-18-36-30(24(22)11-3)15-28-20(5)26(13-34(40)42-7)32(38-28)17-33-27(14-35(41)43-8)21(6)29(39-33)16-31-25(12-4)23(10-2)19-37-31/h15-16,18-19,38-39H,9-14,17H2,1-8H3/p+1/b30-15-,31-16-. The van der Waals surface area contributed by atoms with E-state index in [1.807, 2.05) is 20.1 Å². The van der Waals surface area contributed by atoms with Crippen molar-refractivity contribution in [2.24, 2.45) is 4.99 Å². The van der Waals surface area contributed by atoms with Gasteiger partial charge < -0.3 is 19.4 Å². The predicted octanol–water partition coefficient (Wildman–Crippen LogP) is 5.15. The molecule has 8 nitrogen and oxygen atoms in total. The zero-order valence-corrected chi connectivity index (χ0v) is 26.8. The first-order valence-corrected chi connectivity index (χ1v) is 15.2. The topological polar surface area (TPSA) is 111 Å². The fourth-order valence-corrected chi connectivity index (χ4v) is 6.08. The zero-order chi connectivity index (χ0) is 31.3. The molecule has 8 heteroatoms. The van der Waals surface area contributed by atoms with Crippen LogP contribution in [0.15, 0.2) is 38.7 Å². The lowest BCUT2D eigenvalue weighted by molar-refractivity contribution is -0.380. The van der Waals surface area contributed by atoms with Crippen LogP contribution in [-0.4, -0.2) is 48.6 Å². The molecule has 3 N–H and O–H groups in total. The summed E-state index contributed by atoms with van der Waals surface area (Å²) in [6, 6.07) is 0. The van der Waals surface area contributed by atoms with Crippen LogP contribution < -0.4 is 4.99 Å². The number of nitrogens with zero attached hydrogens (tertiary/aromatic N) is 1. The number of esters is 2. The highest BCUT2D eigenvalue weighted by atomic mass is 16.5. The second-order valence-electron chi connectivity index (χ2n) is 11.0.